The van der Waals surface area contributed by atoms with Gasteiger partial charge in [0, 0.05) is 10.4 Å². The van der Waals surface area contributed by atoms with E-state index < -0.39 is 11.9 Å². The summed E-state index contributed by atoms with van der Waals surface area (Å²) in [5.74, 6) is -1.60. The lowest BCUT2D eigenvalue weighted by Gasteiger charge is -2.05. The van der Waals surface area contributed by atoms with Crippen molar-refractivity contribution < 1.29 is 19.3 Å². The van der Waals surface area contributed by atoms with Crippen LogP contribution in [0.2, 0.25) is 0 Å². The van der Waals surface area contributed by atoms with Crippen molar-refractivity contribution in [2.45, 2.75) is 0 Å². The minimum Gasteiger partial charge on any atom is -0.477 e. The van der Waals surface area contributed by atoms with E-state index >= 15 is 0 Å². The number of carboxylic acids is 1. The number of carbonyl (C=O) groups is 2. The number of nitrogens with zero attached hydrogens (tertiary/aromatic N) is 6. The number of thiophene rings is 1. The van der Waals surface area contributed by atoms with E-state index in [-0.39, 0.29) is 22.2 Å². The highest BCUT2D eigenvalue weighted by Gasteiger charge is 2.25. The lowest BCUT2D eigenvalue weighted by molar-refractivity contribution is 0.0702. The second-order valence-corrected chi connectivity index (χ2v) is 6.86. The Hall–Kier alpha value is -4.39. The Morgan fingerprint density at radius 1 is 1.20 bits per heavy atom. The molecule has 1 amide bonds. The number of aromatic nitrogens is 5. The van der Waals surface area contributed by atoms with Crippen molar-refractivity contribution in [1.29, 1.82) is 0 Å². The third-order valence-corrected chi connectivity index (χ3v) is 4.83. The highest BCUT2D eigenvalue weighted by Crippen LogP contribution is 2.26. The maximum absolute atomic E-state index is 12.7. The van der Waals surface area contributed by atoms with E-state index in [9.17, 15) is 9.59 Å². The standard InChI is InChI=1S/C17H12N8O4S/c18-14-15(23-29-22-14)25-13(9-4-2-1-3-5-9)12(20-24-25)16(26)21-19-8-10-6-7-11(30-10)17(27)28/h1-8H,(H2,18,22)(H,21,26)(H,27,28)/b19-8-. The van der Waals surface area contributed by atoms with Crippen LogP contribution < -0.4 is 11.2 Å². The largest absolute Gasteiger partial charge is 0.477 e. The summed E-state index contributed by atoms with van der Waals surface area (Å²) in [4.78, 5) is 24.3. The van der Waals surface area contributed by atoms with Crippen molar-refractivity contribution in [3.05, 3.63) is 57.9 Å². The Bertz CT molecular complexity index is 1240. The van der Waals surface area contributed by atoms with E-state index in [0.717, 1.165) is 11.3 Å². The van der Waals surface area contributed by atoms with Crippen LogP contribution >= 0.6 is 11.3 Å². The molecule has 0 aliphatic rings. The molecule has 0 unspecified atom stereocenters. The zero-order chi connectivity index (χ0) is 21.1. The summed E-state index contributed by atoms with van der Waals surface area (Å²) >= 11 is 1.02. The molecule has 12 nitrogen and oxygen atoms in total. The molecular weight excluding hydrogens is 412 g/mol. The zero-order valence-corrected chi connectivity index (χ0v) is 15.8. The molecule has 0 fully saturated rings. The van der Waals surface area contributed by atoms with Gasteiger partial charge in [-0.1, -0.05) is 35.5 Å². The number of carboxylic acid groups (broad SMARTS) is 1. The molecule has 0 aliphatic carbocycles. The van der Waals surface area contributed by atoms with Gasteiger partial charge in [-0.05, 0) is 22.4 Å². The van der Waals surface area contributed by atoms with Crippen molar-refractivity contribution in [1.82, 2.24) is 30.7 Å². The smallest absolute Gasteiger partial charge is 0.345 e. The number of nitrogens with one attached hydrogen (secondary N) is 1. The SMILES string of the molecule is Nc1nonc1-n1nnc(C(=O)N/N=C\c2ccc(C(=O)O)s2)c1-c1ccccc1. The van der Waals surface area contributed by atoms with Crippen LogP contribution in [0.4, 0.5) is 5.82 Å². The predicted molar refractivity (Wildman–Crippen MR) is 105 cm³/mol. The van der Waals surface area contributed by atoms with E-state index in [2.05, 4.69) is 35.8 Å². The summed E-state index contributed by atoms with van der Waals surface area (Å²) in [7, 11) is 0. The molecule has 13 heteroatoms. The fourth-order valence-electron chi connectivity index (χ4n) is 2.52. The topological polar surface area (TPSA) is 174 Å². The van der Waals surface area contributed by atoms with E-state index in [1.54, 1.807) is 30.3 Å². The lowest BCUT2D eigenvalue weighted by atomic mass is 10.1. The first-order chi connectivity index (χ1) is 14.5. The van der Waals surface area contributed by atoms with Crippen LogP contribution in [-0.4, -0.2) is 48.5 Å². The van der Waals surface area contributed by atoms with Crippen molar-refractivity contribution >= 4 is 35.2 Å². The number of hydrogen-bond donors (Lipinski definition) is 3. The maximum Gasteiger partial charge on any atom is 0.345 e. The number of rotatable bonds is 6. The molecule has 0 spiro atoms. The predicted octanol–water partition coefficient (Wildman–Crippen LogP) is 1.42. The Balaban J connectivity index is 1.64. The van der Waals surface area contributed by atoms with Gasteiger partial charge in [-0.15, -0.1) is 16.4 Å². The molecule has 3 aromatic heterocycles. The third-order valence-electron chi connectivity index (χ3n) is 3.82. The minimum absolute atomic E-state index is 0.0195. The van der Waals surface area contributed by atoms with Crippen molar-refractivity contribution in [2.75, 3.05) is 5.73 Å². The van der Waals surface area contributed by atoms with Crippen LogP contribution in [0.15, 0.2) is 52.2 Å². The van der Waals surface area contributed by atoms with E-state index in [1.165, 1.54) is 17.0 Å². The summed E-state index contributed by atoms with van der Waals surface area (Å²) in [6.07, 6.45) is 1.33. The first-order valence-corrected chi connectivity index (χ1v) is 9.12. The molecule has 0 aliphatic heterocycles. The van der Waals surface area contributed by atoms with Crippen molar-refractivity contribution in [3.63, 3.8) is 0 Å². The molecule has 4 N–H and O–H groups in total. The maximum atomic E-state index is 12.7. The highest BCUT2D eigenvalue weighted by atomic mass is 32.1. The molecule has 3 heterocycles. The molecule has 1 aromatic carbocycles. The number of carbonyl (C=O) groups excluding carboxylic acids is 1. The van der Waals surface area contributed by atoms with Gasteiger partial charge in [0.2, 0.25) is 11.6 Å². The molecule has 4 rings (SSSR count). The van der Waals surface area contributed by atoms with Gasteiger partial charge in [0.15, 0.2) is 5.69 Å². The van der Waals surface area contributed by atoms with Gasteiger partial charge < -0.3 is 10.8 Å². The zero-order valence-electron chi connectivity index (χ0n) is 15.0. The van der Waals surface area contributed by atoms with E-state index in [1.807, 2.05) is 6.07 Å². The summed E-state index contributed by atoms with van der Waals surface area (Å²) in [5.41, 5.74) is 9.02. The molecule has 0 atom stereocenters. The monoisotopic (exact) mass is 424 g/mol. The van der Waals surface area contributed by atoms with Crippen LogP contribution in [0, 0.1) is 0 Å². The fraction of sp³-hybridized carbons (Fsp3) is 0. The van der Waals surface area contributed by atoms with E-state index in [0.29, 0.717) is 16.1 Å². The first-order valence-electron chi connectivity index (χ1n) is 8.30. The summed E-state index contributed by atoms with van der Waals surface area (Å²) in [6.45, 7) is 0. The average molecular weight is 424 g/mol. The number of aromatic carboxylic acids is 1. The van der Waals surface area contributed by atoms with Gasteiger partial charge in [0.05, 0.1) is 6.21 Å². The second-order valence-electron chi connectivity index (χ2n) is 5.74. The van der Waals surface area contributed by atoms with Crippen molar-refractivity contribution in [3.8, 4) is 17.1 Å². The molecule has 0 bridgehead atoms. The first kappa shape index (κ1) is 18.9. The van der Waals surface area contributed by atoms with Crippen LogP contribution in [0.5, 0.6) is 0 Å². The van der Waals surface area contributed by atoms with Gasteiger partial charge in [-0.25, -0.2) is 14.8 Å². The summed E-state index contributed by atoms with van der Waals surface area (Å²) in [6, 6.07) is 11.9. The van der Waals surface area contributed by atoms with Gasteiger partial charge in [0.25, 0.3) is 5.91 Å². The Morgan fingerprint density at radius 2 is 2.00 bits per heavy atom. The lowest BCUT2D eigenvalue weighted by Crippen LogP contribution is -2.19. The molecule has 30 heavy (non-hydrogen) atoms. The molecule has 0 saturated heterocycles. The van der Waals surface area contributed by atoms with Crippen LogP contribution in [-0.2, 0) is 0 Å². The van der Waals surface area contributed by atoms with Crippen LogP contribution in [0.3, 0.4) is 0 Å². The van der Waals surface area contributed by atoms with Gasteiger partial charge >= 0.3 is 5.97 Å². The average Bonchev–Trinajstić information content (AvgIpc) is 3.47. The minimum atomic E-state index is -1.03. The Morgan fingerprint density at radius 3 is 2.67 bits per heavy atom. The number of nitrogen functional groups attached to an aromatic ring is 1. The summed E-state index contributed by atoms with van der Waals surface area (Å²) in [5, 5.41) is 27.9. The number of benzene rings is 1. The Kier molecular flexibility index (Phi) is 5.00. The number of hydrazone groups is 1. The molecule has 0 saturated carbocycles. The third kappa shape index (κ3) is 3.64. The fourth-order valence-corrected chi connectivity index (χ4v) is 3.24. The quantitative estimate of drug-likeness (QED) is 0.305. The molecular formula is C17H12N8O4S. The molecule has 4 aromatic rings. The Labute approximate surface area is 171 Å². The number of hydrogen-bond acceptors (Lipinski definition) is 10. The molecule has 150 valence electrons. The van der Waals surface area contributed by atoms with Crippen molar-refractivity contribution in [2.24, 2.45) is 5.10 Å². The highest BCUT2D eigenvalue weighted by molar-refractivity contribution is 7.15. The van der Waals surface area contributed by atoms with Crippen LogP contribution in [0.25, 0.3) is 17.1 Å². The van der Waals surface area contributed by atoms with Gasteiger partial charge in [-0.3, -0.25) is 4.79 Å². The number of anilines is 1. The number of amides is 1. The van der Waals surface area contributed by atoms with Gasteiger partial charge in [-0.2, -0.15) is 9.78 Å². The van der Waals surface area contributed by atoms with E-state index in [4.69, 9.17) is 10.8 Å². The number of nitrogens with two attached hydrogens (primary N) is 1. The molecule has 0 radical (unpaired) electrons. The summed E-state index contributed by atoms with van der Waals surface area (Å²) < 4.78 is 5.86. The van der Waals surface area contributed by atoms with Gasteiger partial charge in [0.1, 0.15) is 10.6 Å². The van der Waals surface area contributed by atoms with Crippen LogP contribution in [0.1, 0.15) is 25.0 Å². The normalized spacial score (nSPS) is 11.1. The second kappa shape index (κ2) is 7.92.